The van der Waals surface area contributed by atoms with E-state index >= 15 is 0 Å². The third kappa shape index (κ3) is 2.75. The average Bonchev–Trinajstić information content (AvgIpc) is 2.68. The average molecular weight is 254 g/mol. The molecule has 0 spiro atoms. The van der Waals surface area contributed by atoms with Gasteiger partial charge in [-0.1, -0.05) is 36.1 Å². The van der Waals surface area contributed by atoms with Crippen LogP contribution in [0.3, 0.4) is 0 Å². The molecule has 0 aliphatic heterocycles. The summed E-state index contributed by atoms with van der Waals surface area (Å²) in [6.45, 7) is 0. The van der Waals surface area contributed by atoms with Crippen molar-refractivity contribution < 1.29 is 5.11 Å². The summed E-state index contributed by atoms with van der Waals surface area (Å²) < 4.78 is 2.13. The number of aliphatic hydroxyl groups is 1. The van der Waals surface area contributed by atoms with Crippen molar-refractivity contribution >= 4 is 50.9 Å². The van der Waals surface area contributed by atoms with E-state index < -0.39 is 6.10 Å². The smallest absolute Gasteiger partial charge is 0.151 e. The molecule has 5 heteroatoms. The lowest BCUT2D eigenvalue weighted by atomic mass is 10.3. The Morgan fingerprint density at radius 3 is 3.07 bits per heavy atom. The zero-order valence-corrected chi connectivity index (χ0v) is 10.2. The zero-order chi connectivity index (χ0) is 10.7. The highest BCUT2D eigenvalue weighted by Gasteiger charge is 2.06. The fourth-order valence-electron chi connectivity index (χ4n) is 1.10. The Balaban J connectivity index is 2.12. The van der Waals surface area contributed by atoms with Crippen molar-refractivity contribution in [3.63, 3.8) is 0 Å². The van der Waals surface area contributed by atoms with Gasteiger partial charge in [-0.2, -0.15) is 0 Å². The highest BCUT2D eigenvalue weighted by Crippen LogP contribution is 2.29. The highest BCUT2D eigenvalue weighted by atomic mass is 32.2. The first kappa shape index (κ1) is 11.0. The van der Waals surface area contributed by atoms with Crippen LogP contribution < -0.4 is 0 Å². The minimum atomic E-state index is -0.656. The zero-order valence-electron chi connectivity index (χ0n) is 7.71. The van der Waals surface area contributed by atoms with Crippen LogP contribution in [0.5, 0.6) is 0 Å². The number of nitrogens with zero attached hydrogens (tertiary/aromatic N) is 1. The molecule has 0 aliphatic rings. The number of aliphatic hydroxyl groups excluding tert-OH is 1. The molecule has 77 valence electrons. The molecule has 1 heterocycles. The summed E-state index contributed by atoms with van der Waals surface area (Å²) >= 11 is 7.66. The van der Waals surface area contributed by atoms with Crippen LogP contribution in [0.2, 0.25) is 0 Å². The molecule has 1 N–H and O–H groups in total. The third-order valence-corrected chi connectivity index (χ3v) is 4.30. The first-order valence-corrected chi connectivity index (χ1v) is 6.55. The van der Waals surface area contributed by atoms with Crippen molar-refractivity contribution in [2.24, 2.45) is 0 Å². The molecule has 1 aromatic carbocycles. The van der Waals surface area contributed by atoms with Gasteiger partial charge in [-0.15, -0.1) is 11.3 Å². The lowest BCUT2D eigenvalue weighted by Crippen LogP contribution is -2.09. The fraction of sp³-hybridized carbons (Fsp3) is 0.200. The molecule has 2 rings (SSSR count). The molecule has 15 heavy (non-hydrogen) atoms. The molecule has 1 atom stereocenters. The van der Waals surface area contributed by atoms with Gasteiger partial charge >= 0.3 is 0 Å². The van der Waals surface area contributed by atoms with Gasteiger partial charge in [-0.25, -0.2) is 4.98 Å². The number of thiazole rings is 1. The predicted octanol–water partition coefficient (Wildman–Crippen LogP) is 2.63. The van der Waals surface area contributed by atoms with Crippen LogP contribution >= 0.6 is 35.3 Å². The van der Waals surface area contributed by atoms with Crippen LogP contribution in [-0.4, -0.2) is 27.3 Å². The Morgan fingerprint density at radius 1 is 1.53 bits per heavy atom. The standard InChI is InChI=1S/C10H8NOS3/c12-7(5-13)6-14-10-11-8-3-1-2-4-9(8)15-10/h1-4,7,12H,6H2. The monoisotopic (exact) mass is 254 g/mol. The third-order valence-electron chi connectivity index (χ3n) is 1.77. The summed E-state index contributed by atoms with van der Waals surface area (Å²) in [6, 6.07) is 7.99. The summed E-state index contributed by atoms with van der Waals surface area (Å²) in [7, 11) is 0. The fourth-order valence-corrected chi connectivity index (χ4v) is 3.24. The topological polar surface area (TPSA) is 33.1 Å². The maximum atomic E-state index is 9.23. The Bertz CT molecular complexity index is 435. The van der Waals surface area contributed by atoms with Crippen LogP contribution in [0, 0.1) is 0 Å². The van der Waals surface area contributed by atoms with Crippen molar-refractivity contribution in [1.29, 1.82) is 0 Å². The van der Waals surface area contributed by atoms with Crippen molar-refractivity contribution in [2.45, 2.75) is 10.4 Å². The normalized spacial score (nSPS) is 12.9. The van der Waals surface area contributed by atoms with Crippen LogP contribution in [0.25, 0.3) is 10.2 Å². The SMILES string of the molecule is OC([C]=S)CSc1nc2ccccc2s1. The van der Waals surface area contributed by atoms with Crippen molar-refractivity contribution in [2.75, 3.05) is 5.75 Å². The van der Waals surface area contributed by atoms with E-state index in [9.17, 15) is 5.11 Å². The molecule has 2 aromatic rings. The van der Waals surface area contributed by atoms with E-state index in [1.54, 1.807) is 11.3 Å². The first-order valence-electron chi connectivity index (χ1n) is 4.33. The number of thioether (sulfide) groups is 1. The number of thiocarbonyl (C=S) groups is 1. The summed E-state index contributed by atoms with van der Waals surface area (Å²) in [5.74, 6) is 0.517. The van der Waals surface area contributed by atoms with E-state index in [0.29, 0.717) is 5.75 Å². The number of rotatable bonds is 4. The van der Waals surface area contributed by atoms with Gasteiger partial charge in [0, 0.05) is 5.75 Å². The molecule has 0 saturated heterocycles. The highest BCUT2D eigenvalue weighted by molar-refractivity contribution is 8.01. The van der Waals surface area contributed by atoms with Gasteiger partial charge in [-0.3, -0.25) is 0 Å². The largest absolute Gasteiger partial charge is 0.387 e. The number of para-hydroxylation sites is 1. The molecule has 2 nitrogen and oxygen atoms in total. The van der Waals surface area contributed by atoms with E-state index in [2.05, 4.69) is 22.6 Å². The Labute approximate surface area is 101 Å². The van der Waals surface area contributed by atoms with Crippen molar-refractivity contribution in [3.05, 3.63) is 24.3 Å². The molecule has 0 aliphatic carbocycles. The van der Waals surface area contributed by atoms with Crippen LogP contribution in [-0.2, 0) is 0 Å². The lowest BCUT2D eigenvalue weighted by molar-refractivity contribution is 0.273. The van der Waals surface area contributed by atoms with Gasteiger partial charge < -0.3 is 5.11 Å². The number of benzene rings is 1. The predicted molar refractivity (Wildman–Crippen MR) is 68.9 cm³/mol. The van der Waals surface area contributed by atoms with E-state index in [-0.39, 0.29) is 0 Å². The van der Waals surface area contributed by atoms with Gasteiger partial charge in [0.1, 0.15) is 0 Å². The summed E-state index contributed by atoms with van der Waals surface area (Å²) in [6.07, 6.45) is -0.656. The van der Waals surface area contributed by atoms with E-state index in [1.165, 1.54) is 16.5 Å². The second kappa shape index (κ2) is 5.03. The van der Waals surface area contributed by atoms with Gasteiger partial charge in [0.05, 0.1) is 21.7 Å². The van der Waals surface area contributed by atoms with Crippen LogP contribution in [0.15, 0.2) is 28.6 Å². The van der Waals surface area contributed by atoms with Gasteiger partial charge in [-0.05, 0) is 12.1 Å². The van der Waals surface area contributed by atoms with Gasteiger partial charge in [0.15, 0.2) is 4.34 Å². The second-order valence-electron chi connectivity index (χ2n) is 2.89. The molecule has 1 radical (unpaired) electrons. The molecule has 0 saturated carbocycles. The molecular formula is C10H8NOS3. The number of hydrogen-bond acceptors (Lipinski definition) is 5. The molecule has 1 unspecified atom stereocenters. The van der Waals surface area contributed by atoms with Crippen molar-refractivity contribution in [1.82, 2.24) is 4.98 Å². The Morgan fingerprint density at radius 2 is 2.33 bits per heavy atom. The molecule has 1 aromatic heterocycles. The molecular weight excluding hydrogens is 246 g/mol. The molecule has 0 fully saturated rings. The van der Waals surface area contributed by atoms with E-state index in [4.69, 9.17) is 0 Å². The number of fused-ring (bicyclic) bond motifs is 1. The second-order valence-corrected chi connectivity index (χ2v) is 5.43. The summed E-state index contributed by atoms with van der Waals surface area (Å²) in [5, 5.41) is 11.6. The number of hydrogen-bond donors (Lipinski definition) is 1. The first-order chi connectivity index (χ1) is 7.29. The quantitative estimate of drug-likeness (QED) is 0.671. The maximum Gasteiger partial charge on any atom is 0.151 e. The summed E-state index contributed by atoms with van der Waals surface area (Å²) in [4.78, 5) is 4.43. The Hall–Kier alpha value is -0.490. The van der Waals surface area contributed by atoms with E-state index in [1.807, 2.05) is 24.3 Å². The van der Waals surface area contributed by atoms with Gasteiger partial charge in [0.2, 0.25) is 0 Å². The van der Waals surface area contributed by atoms with E-state index in [0.717, 1.165) is 9.86 Å². The Kier molecular flexibility index (Phi) is 3.69. The van der Waals surface area contributed by atoms with Crippen LogP contribution in [0.4, 0.5) is 0 Å². The van der Waals surface area contributed by atoms with Crippen molar-refractivity contribution in [3.8, 4) is 0 Å². The minimum absolute atomic E-state index is 0.517. The molecule has 0 bridgehead atoms. The summed E-state index contributed by atoms with van der Waals surface area (Å²) in [5.41, 5.74) is 1.01. The van der Waals surface area contributed by atoms with Gasteiger partial charge in [0.25, 0.3) is 0 Å². The van der Waals surface area contributed by atoms with Crippen LogP contribution in [0.1, 0.15) is 0 Å². The lowest BCUT2D eigenvalue weighted by Gasteiger charge is -1.98. The minimum Gasteiger partial charge on any atom is -0.387 e. The molecule has 0 amide bonds. The maximum absolute atomic E-state index is 9.23. The number of aromatic nitrogens is 1.